The van der Waals surface area contributed by atoms with Gasteiger partial charge in [0, 0.05) is 40.2 Å². The van der Waals surface area contributed by atoms with E-state index in [1.807, 2.05) is 7.05 Å². The zero-order chi connectivity index (χ0) is 21.3. The lowest BCUT2D eigenvalue weighted by Gasteiger charge is -2.38. The van der Waals surface area contributed by atoms with Gasteiger partial charge in [0.25, 0.3) is 0 Å². The summed E-state index contributed by atoms with van der Waals surface area (Å²) < 4.78 is 0. The minimum absolute atomic E-state index is 0. The third-order valence-electron chi connectivity index (χ3n) is 6.78. The summed E-state index contributed by atoms with van der Waals surface area (Å²) in [5.74, 6) is 2.44. The standard InChI is InChI=1S/C24H39N5O.HI/c1-19-9-13-28(14-10-19)22(21-7-5-4-6-8-21)18-27-24(26-3)29-15-11-20(12-16-29)17-23(30)25-2;/h4-8,19-20,22H,9-18H2,1-3H3,(H,25,30)(H,26,27);1H. The normalized spacial score (nSPS) is 20.1. The second-order valence-electron chi connectivity index (χ2n) is 8.88. The van der Waals surface area contributed by atoms with Crippen LogP contribution in [0, 0.1) is 11.8 Å². The molecule has 2 aliphatic heterocycles. The monoisotopic (exact) mass is 541 g/mol. The highest BCUT2D eigenvalue weighted by Crippen LogP contribution is 2.26. The first-order chi connectivity index (χ1) is 14.6. The fourth-order valence-corrected chi connectivity index (χ4v) is 4.71. The van der Waals surface area contributed by atoms with Gasteiger partial charge in [0.15, 0.2) is 5.96 Å². The Hall–Kier alpha value is -1.35. The van der Waals surface area contributed by atoms with Crippen molar-refractivity contribution in [1.29, 1.82) is 0 Å². The summed E-state index contributed by atoms with van der Waals surface area (Å²) >= 11 is 0. The molecule has 0 saturated carbocycles. The number of carbonyl (C=O) groups is 1. The number of rotatable bonds is 6. The van der Waals surface area contributed by atoms with Crippen molar-refractivity contribution < 1.29 is 4.79 Å². The Kier molecular flexibility index (Phi) is 11.1. The van der Waals surface area contributed by atoms with Crippen molar-refractivity contribution >= 4 is 35.8 Å². The van der Waals surface area contributed by atoms with Crippen molar-refractivity contribution in [3.63, 3.8) is 0 Å². The highest BCUT2D eigenvalue weighted by molar-refractivity contribution is 14.0. The maximum absolute atomic E-state index is 11.7. The van der Waals surface area contributed by atoms with E-state index in [1.54, 1.807) is 7.05 Å². The quantitative estimate of drug-likeness (QED) is 0.329. The van der Waals surface area contributed by atoms with Crippen LogP contribution in [-0.2, 0) is 4.79 Å². The summed E-state index contributed by atoms with van der Waals surface area (Å²) in [7, 11) is 3.59. The van der Waals surface area contributed by atoms with E-state index in [4.69, 9.17) is 0 Å². The predicted molar refractivity (Wildman–Crippen MR) is 139 cm³/mol. The van der Waals surface area contributed by atoms with Gasteiger partial charge < -0.3 is 15.5 Å². The van der Waals surface area contributed by atoms with E-state index in [9.17, 15) is 4.79 Å². The van der Waals surface area contributed by atoms with Gasteiger partial charge in [-0.1, -0.05) is 37.3 Å². The van der Waals surface area contributed by atoms with Crippen LogP contribution in [0.25, 0.3) is 0 Å². The van der Waals surface area contributed by atoms with E-state index < -0.39 is 0 Å². The molecule has 6 nitrogen and oxygen atoms in total. The number of halogens is 1. The predicted octanol–water partition coefficient (Wildman–Crippen LogP) is 3.50. The van der Waals surface area contributed by atoms with Gasteiger partial charge in [0.05, 0.1) is 6.04 Å². The first-order valence-corrected chi connectivity index (χ1v) is 11.6. The Morgan fingerprint density at radius 2 is 1.74 bits per heavy atom. The second-order valence-corrected chi connectivity index (χ2v) is 8.88. The molecule has 0 bridgehead atoms. The molecule has 1 unspecified atom stereocenters. The number of aliphatic imine (C=N–C) groups is 1. The van der Waals surface area contributed by atoms with E-state index in [-0.39, 0.29) is 29.9 Å². The second kappa shape index (κ2) is 13.3. The zero-order valence-corrected chi connectivity index (χ0v) is 21.7. The van der Waals surface area contributed by atoms with E-state index in [2.05, 4.69) is 62.7 Å². The Balaban J connectivity index is 0.00000341. The Morgan fingerprint density at radius 1 is 1.10 bits per heavy atom. The molecule has 0 aliphatic carbocycles. The molecule has 2 N–H and O–H groups in total. The number of carbonyl (C=O) groups excluding carboxylic acids is 1. The highest BCUT2D eigenvalue weighted by atomic mass is 127. The van der Waals surface area contributed by atoms with Crippen molar-refractivity contribution in [3.05, 3.63) is 35.9 Å². The van der Waals surface area contributed by atoms with Crippen LogP contribution >= 0.6 is 24.0 Å². The summed E-state index contributed by atoms with van der Waals surface area (Å²) in [5, 5.41) is 6.41. The number of hydrogen-bond acceptors (Lipinski definition) is 3. The Morgan fingerprint density at radius 3 is 2.32 bits per heavy atom. The van der Waals surface area contributed by atoms with Crippen molar-refractivity contribution in [2.24, 2.45) is 16.8 Å². The molecule has 3 rings (SSSR count). The lowest BCUT2D eigenvalue weighted by Crippen LogP contribution is -2.49. The number of nitrogens with one attached hydrogen (secondary N) is 2. The number of piperidine rings is 2. The molecular formula is C24H40IN5O. The lowest BCUT2D eigenvalue weighted by molar-refractivity contribution is -0.121. The number of nitrogens with zero attached hydrogens (tertiary/aromatic N) is 3. The van der Waals surface area contributed by atoms with Gasteiger partial charge in [-0.3, -0.25) is 14.7 Å². The van der Waals surface area contributed by atoms with Gasteiger partial charge >= 0.3 is 0 Å². The molecule has 0 aromatic heterocycles. The smallest absolute Gasteiger partial charge is 0.220 e. The van der Waals surface area contributed by atoms with Crippen LogP contribution < -0.4 is 10.6 Å². The average Bonchev–Trinajstić information content (AvgIpc) is 2.79. The summed E-state index contributed by atoms with van der Waals surface area (Å²) in [4.78, 5) is 21.2. The van der Waals surface area contributed by atoms with Crippen LogP contribution in [0.5, 0.6) is 0 Å². The number of likely N-dealkylation sites (tertiary alicyclic amines) is 2. The van der Waals surface area contributed by atoms with Gasteiger partial charge in [0.2, 0.25) is 5.91 Å². The SMILES string of the molecule is CN=C(NCC(c1ccccc1)N1CCC(C)CC1)N1CCC(CC(=O)NC)CC1.I. The summed E-state index contributed by atoms with van der Waals surface area (Å²) in [6.07, 6.45) is 5.27. The van der Waals surface area contributed by atoms with Crippen molar-refractivity contribution in [2.75, 3.05) is 46.8 Å². The van der Waals surface area contributed by atoms with Crippen LogP contribution in [0.3, 0.4) is 0 Å². The highest BCUT2D eigenvalue weighted by Gasteiger charge is 2.27. The Labute approximate surface area is 205 Å². The van der Waals surface area contributed by atoms with Crippen LogP contribution in [0.1, 0.15) is 50.6 Å². The molecule has 0 spiro atoms. The van der Waals surface area contributed by atoms with E-state index in [0.717, 1.165) is 57.4 Å². The van der Waals surface area contributed by atoms with Gasteiger partial charge in [-0.15, -0.1) is 24.0 Å². The molecule has 1 aromatic carbocycles. The third kappa shape index (κ3) is 7.63. The maximum atomic E-state index is 11.7. The number of amides is 1. The van der Waals surface area contributed by atoms with Gasteiger partial charge in [-0.2, -0.15) is 0 Å². The zero-order valence-electron chi connectivity index (χ0n) is 19.3. The van der Waals surface area contributed by atoms with Gasteiger partial charge in [-0.25, -0.2) is 0 Å². The van der Waals surface area contributed by atoms with Crippen molar-refractivity contribution in [2.45, 2.75) is 45.1 Å². The van der Waals surface area contributed by atoms with Gasteiger partial charge in [0.1, 0.15) is 0 Å². The number of benzene rings is 1. The van der Waals surface area contributed by atoms with Crippen LogP contribution in [0.4, 0.5) is 0 Å². The van der Waals surface area contributed by atoms with Gasteiger partial charge in [-0.05, 0) is 56.2 Å². The molecule has 7 heteroatoms. The summed E-state index contributed by atoms with van der Waals surface area (Å²) in [6.45, 7) is 7.46. The number of hydrogen-bond donors (Lipinski definition) is 2. The number of guanidine groups is 1. The molecule has 2 fully saturated rings. The first-order valence-electron chi connectivity index (χ1n) is 11.6. The molecule has 174 valence electrons. The fourth-order valence-electron chi connectivity index (χ4n) is 4.71. The van der Waals surface area contributed by atoms with E-state index in [1.165, 1.54) is 18.4 Å². The molecule has 2 saturated heterocycles. The van der Waals surface area contributed by atoms with Crippen LogP contribution in [0.15, 0.2) is 35.3 Å². The van der Waals surface area contributed by atoms with Crippen molar-refractivity contribution in [1.82, 2.24) is 20.4 Å². The average molecular weight is 542 g/mol. The lowest BCUT2D eigenvalue weighted by atomic mass is 9.93. The first kappa shape index (κ1) is 25.9. The maximum Gasteiger partial charge on any atom is 0.220 e. The minimum Gasteiger partial charge on any atom is -0.359 e. The molecule has 1 amide bonds. The molecule has 2 aliphatic rings. The molecule has 2 heterocycles. The van der Waals surface area contributed by atoms with Crippen LogP contribution in [-0.4, -0.2) is 68.5 Å². The molecule has 31 heavy (non-hydrogen) atoms. The molecule has 0 radical (unpaired) electrons. The summed E-state index contributed by atoms with van der Waals surface area (Å²) in [6, 6.07) is 11.2. The molecule has 1 aromatic rings. The third-order valence-corrected chi connectivity index (χ3v) is 6.78. The van der Waals surface area contributed by atoms with Crippen LogP contribution in [0.2, 0.25) is 0 Å². The topological polar surface area (TPSA) is 60.0 Å². The Bertz CT molecular complexity index is 682. The fraction of sp³-hybridized carbons (Fsp3) is 0.667. The largest absolute Gasteiger partial charge is 0.359 e. The van der Waals surface area contributed by atoms with E-state index >= 15 is 0 Å². The summed E-state index contributed by atoms with van der Waals surface area (Å²) in [5.41, 5.74) is 1.37. The van der Waals surface area contributed by atoms with Crippen molar-refractivity contribution in [3.8, 4) is 0 Å². The minimum atomic E-state index is 0. The molecule has 1 atom stereocenters. The molecular weight excluding hydrogens is 501 g/mol. The van der Waals surface area contributed by atoms with E-state index in [0.29, 0.717) is 18.4 Å².